The molecule has 0 aromatic heterocycles. The molecule has 6 heteroatoms. The van der Waals surface area contributed by atoms with Gasteiger partial charge in [-0.3, -0.25) is 0 Å². The van der Waals surface area contributed by atoms with Crippen LogP contribution in [-0.4, -0.2) is 53.3 Å². The molecular weight excluding hydrogens is 504 g/mol. The van der Waals surface area contributed by atoms with Crippen molar-refractivity contribution in [3.8, 4) is 5.75 Å². The van der Waals surface area contributed by atoms with E-state index in [9.17, 15) is 10.2 Å². The molecule has 1 aromatic carbocycles. The topological polar surface area (TPSA) is 77.4 Å². The standard InChI is InChI=1S/C34H46O6/c1-22(2)34(36)16-13-27-25-11-14-32(35)21-33(38-18-19-39-33)15-12-28(32)30(25)26(20-31(27,34)3)23-7-9-24(10-8-23)40-29-6-4-5-17-37-29/h7-10,25-27,29,35-36H,1,4-6,11-21H2,2-3H3/t25-,26+,27-,29?,31-,32+,34+/m0/s1. The first-order valence-corrected chi connectivity index (χ1v) is 15.7. The van der Waals surface area contributed by atoms with Crippen LogP contribution < -0.4 is 4.74 Å². The molecule has 7 atom stereocenters. The van der Waals surface area contributed by atoms with E-state index in [2.05, 4.69) is 37.8 Å². The Labute approximate surface area is 238 Å². The molecule has 1 spiro atoms. The van der Waals surface area contributed by atoms with Crippen molar-refractivity contribution in [3.63, 3.8) is 0 Å². The van der Waals surface area contributed by atoms with Gasteiger partial charge in [0.2, 0.25) is 0 Å². The van der Waals surface area contributed by atoms with E-state index in [0.717, 1.165) is 82.1 Å². The van der Waals surface area contributed by atoms with E-state index in [4.69, 9.17) is 18.9 Å². The Bertz CT molecular complexity index is 1180. The van der Waals surface area contributed by atoms with Gasteiger partial charge in [0.05, 0.1) is 31.0 Å². The highest BCUT2D eigenvalue weighted by molar-refractivity contribution is 5.45. The van der Waals surface area contributed by atoms with Crippen molar-refractivity contribution in [3.05, 3.63) is 53.1 Å². The van der Waals surface area contributed by atoms with Crippen LogP contribution in [0.25, 0.3) is 0 Å². The summed E-state index contributed by atoms with van der Waals surface area (Å²) >= 11 is 0. The van der Waals surface area contributed by atoms with Gasteiger partial charge in [-0.15, -0.1) is 0 Å². The monoisotopic (exact) mass is 550 g/mol. The number of ether oxygens (including phenoxy) is 4. The maximum absolute atomic E-state index is 12.2. The lowest BCUT2D eigenvalue weighted by molar-refractivity contribution is -0.208. The molecule has 0 amide bonds. The molecule has 6 aliphatic rings. The molecule has 3 saturated carbocycles. The molecule has 2 saturated heterocycles. The zero-order chi connectivity index (χ0) is 27.8. The van der Waals surface area contributed by atoms with Gasteiger partial charge in [-0.1, -0.05) is 31.2 Å². The highest BCUT2D eigenvalue weighted by Crippen LogP contribution is 2.69. The Hall–Kier alpha value is -1.70. The molecule has 218 valence electrons. The van der Waals surface area contributed by atoms with Gasteiger partial charge in [-0.05, 0) is 99.0 Å². The normalized spacial score (nSPS) is 42.3. The lowest BCUT2D eigenvalue weighted by atomic mass is 9.49. The van der Waals surface area contributed by atoms with Crippen LogP contribution in [0, 0.1) is 17.3 Å². The van der Waals surface area contributed by atoms with Crippen molar-refractivity contribution in [2.75, 3.05) is 19.8 Å². The van der Waals surface area contributed by atoms with Crippen LogP contribution >= 0.6 is 0 Å². The van der Waals surface area contributed by atoms with Crippen molar-refractivity contribution in [2.24, 2.45) is 17.3 Å². The second kappa shape index (κ2) is 9.67. The first-order chi connectivity index (χ1) is 19.2. The third kappa shape index (κ3) is 4.08. The summed E-state index contributed by atoms with van der Waals surface area (Å²) < 4.78 is 24.1. The molecule has 0 radical (unpaired) electrons. The highest BCUT2D eigenvalue weighted by Gasteiger charge is 2.65. The molecule has 2 aliphatic heterocycles. The lowest BCUT2D eigenvalue weighted by Crippen LogP contribution is -2.55. The third-order valence-electron chi connectivity index (χ3n) is 11.8. The van der Waals surface area contributed by atoms with Crippen LogP contribution in [0.2, 0.25) is 0 Å². The SMILES string of the molecule is C=C(C)[C@]1(O)CC[C@H]2[C@@H]3CC[C@@]4(O)CC5(CCC4=C3[C@@H](c3ccc(OC4CCCCO4)cc3)C[C@@]21C)OCCO5. The van der Waals surface area contributed by atoms with Crippen molar-refractivity contribution in [2.45, 2.75) is 114 Å². The average Bonchev–Trinajstić information content (AvgIpc) is 3.50. The largest absolute Gasteiger partial charge is 0.465 e. The Morgan fingerprint density at radius 3 is 2.45 bits per heavy atom. The van der Waals surface area contributed by atoms with Crippen LogP contribution in [0.3, 0.4) is 0 Å². The smallest absolute Gasteiger partial charge is 0.199 e. The summed E-state index contributed by atoms with van der Waals surface area (Å²) in [6, 6.07) is 8.56. The Kier molecular flexibility index (Phi) is 6.56. The van der Waals surface area contributed by atoms with Crippen LogP contribution in [0.5, 0.6) is 5.75 Å². The Morgan fingerprint density at radius 1 is 0.975 bits per heavy atom. The van der Waals surface area contributed by atoms with Gasteiger partial charge < -0.3 is 29.2 Å². The number of fused-ring (bicyclic) bond motifs is 4. The molecule has 6 nitrogen and oxygen atoms in total. The van der Waals surface area contributed by atoms with E-state index in [1.165, 1.54) is 16.7 Å². The maximum Gasteiger partial charge on any atom is 0.199 e. The Morgan fingerprint density at radius 2 is 1.75 bits per heavy atom. The van der Waals surface area contributed by atoms with E-state index in [-0.39, 0.29) is 17.6 Å². The number of hydrogen-bond donors (Lipinski definition) is 2. The van der Waals surface area contributed by atoms with Gasteiger partial charge in [-0.25, -0.2) is 0 Å². The summed E-state index contributed by atoms with van der Waals surface area (Å²) in [5, 5.41) is 24.3. The fourth-order valence-electron chi connectivity index (χ4n) is 9.75. The molecular formula is C34H46O6. The maximum atomic E-state index is 12.2. The first-order valence-electron chi connectivity index (χ1n) is 15.7. The van der Waals surface area contributed by atoms with Gasteiger partial charge in [0, 0.05) is 30.6 Å². The number of rotatable bonds is 4. The molecule has 1 aromatic rings. The van der Waals surface area contributed by atoms with E-state index in [0.29, 0.717) is 31.5 Å². The van der Waals surface area contributed by atoms with Gasteiger partial charge in [0.1, 0.15) is 5.75 Å². The zero-order valence-corrected chi connectivity index (χ0v) is 24.3. The summed E-state index contributed by atoms with van der Waals surface area (Å²) in [5.41, 5.74) is 2.73. The second-order valence-electron chi connectivity index (χ2n) is 13.8. The molecule has 2 heterocycles. The molecule has 40 heavy (non-hydrogen) atoms. The highest BCUT2D eigenvalue weighted by atomic mass is 16.7. The molecule has 5 fully saturated rings. The van der Waals surface area contributed by atoms with E-state index in [1.807, 2.05) is 6.92 Å². The van der Waals surface area contributed by atoms with Gasteiger partial charge in [0.25, 0.3) is 0 Å². The molecule has 7 rings (SSSR count). The quantitative estimate of drug-likeness (QED) is 0.437. The number of allylic oxidation sites excluding steroid dienone is 1. The van der Waals surface area contributed by atoms with Gasteiger partial charge in [-0.2, -0.15) is 0 Å². The predicted octanol–water partition coefficient (Wildman–Crippen LogP) is 6.17. The first kappa shape index (κ1) is 27.2. The molecule has 2 N–H and O–H groups in total. The molecule has 4 aliphatic carbocycles. The molecule has 1 unspecified atom stereocenters. The lowest BCUT2D eigenvalue weighted by Gasteiger charge is -2.58. The summed E-state index contributed by atoms with van der Waals surface area (Å²) in [7, 11) is 0. The van der Waals surface area contributed by atoms with E-state index >= 15 is 0 Å². The fraction of sp³-hybridized carbons (Fsp3) is 0.706. The van der Waals surface area contributed by atoms with Crippen LogP contribution in [0.15, 0.2) is 47.6 Å². The van der Waals surface area contributed by atoms with Gasteiger partial charge >= 0.3 is 0 Å². The minimum absolute atomic E-state index is 0.122. The van der Waals surface area contributed by atoms with Crippen LogP contribution in [-0.2, 0) is 14.2 Å². The summed E-state index contributed by atoms with van der Waals surface area (Å²) in [6.45, 7) is 10.5. The van der Waals surface area contributed by atoms with Gasteiger partial charge in [0.15, 0.2) is 12.1 Å². The minimum Gasteiger partial charge on any atom is -0.465 e. The fourth-order valence-corrected chi connectivity index (χ4v) is 9.75. The van der Waals surface area contributed by atoms with E-state index in [1.54, 1.807) is 0 Å². The second-order valence-corrected chi connectivity index (χ2v) is 13.8. The Balaban J connectivity index is 1.28. The van der Waals surface area contributed by atoms with Crippen LogP contribution in [0.1, 0.15) is 96.0 Å². The number of hydrogen-bond acceptors (Lipinski definition) is 6. The summed E-state index contributed by atoms with van der Waals surface area (Å²) in [4.78, 5) is 0. The van der Waals surface area contributed by atoms with Crippen LogP contribution in [0.4, 0.5) is 0 Å². The third-order valence-corrected chi connectivity index (χ3v) is 11.8. The summed E-state index contributed by atoms with van der Waals surface area (Å²) in [6.07, 6.45) is 9.35. The average molecular weight is 551 g/mol. The summed E-state index contributed by atoms with van der Waals surface area (Å²) in [5.74, 6) is 1.03. The number of aliphatic hydroxyl groups is 2. The minimum atomic E-state index is -0.898. The van der Waals surface area contributed by atoms with Crippen molar-refractivity contribution >= 4 is 0 Å². The van der Waals surface area contributed by atoms with Crippen molar-refractivity contribution in [1.82, 2.24) is 0 Å². The predicted molar refractivity (Wildman–Crippen MR) is 152 cm³/mol. The van der Waals surface area contributed by atoms with E-state index < -0.39 is 17.0 Å². The van der Waals surface area contributed by atoms with Crippen molar-refractivity contribution < 1.29 is 29.2 Å². The zero-order valence-electron chi connectivity index (χ0n) is 24.3. The van der Waals surface area contributed by atoms with Crippen molar-refractivity contribution in [1.29, 1.82) is 0 Å². The number of benzene rings is 1. The molecule has 0 bridgehead atoms.